The summed E-state index contributed by atoms with van der Waals surface area (Å²) in [5.41, 5.74) is 9.73. The largest absolute Gasteiger partial charge is 0.491 e. The van der Waals surface area contributed by atoms with Gasteiger partial charge in [-0.1, -0.05) is 29.3 Å². The Kier molecular flexibility index (Phi) is 3.71. The number of nitrogens with two attached hydrogens (primary N) is 1. The lowest BCUT2D eigenvalue weighted by Gasteiger charge is -2.15. The Balaban J connectivity index is 1.66. The third kappa shape index (κ3) is 3.11. The number of rotatable bonds is 4. The van der Waals surface area contributed by atoms with Crippen LogP contribution in [0.15, 0.2) is 36.4 Å². The van der Waals surface area contributed by atoms with Crippen molar-refractivity contribution in [2.24, 2.45) is 5.73 Å². The highest BCUT2D eigenvalue weighted by atomic mass is 16.7. The molecule has 21 heavy (non-hydrogen) atoms. The summed E-state index contributed by atoms with van der Waals surface area (Å²) in [6, 6.07) is 11.7. The molecule has 3 rings (SSSR count). The van der Waals surface area contributed by atoms with Crippen LogP contribution in [0.4, 0.5) is 0 Å². The lowest BCUT2D eigenvalue weighted by molar-refractivity contribution is 0.173. The van der Waals surface area contributed by atoms with Crippen LogP contribution in [-0.4, -0.2) is 13.4 Å². The Morgan fingerprint density at radius 1 is 1.05 bits per heavy atom. The molecule has 1 unspecified atom stereocenters. The molecule has 0 radical (unpaired) electrons. The van der Waals surface area contributed by atoms with Crippen molar-refractivity contribution in [2.75, 3.05) is 13.4 Å². The molecule has 2 aromatic carbocycles. The Bertz CT molecular complexity index is 634. The second-order valence-corrected chi connectivity index (χ2v) is 5.35. The van der Waals surface area contributed by atoms with Crippen LogP contribution >= 0.6 is 0 Å². The molecule has 4 nitrogen and oxygen atoms in total. The maximum atomic E-state index is 6.21. The third-order valence-corrected chi connectivity index (χ3v) is 3.45. The van der Waals surface area contributed by atoms with Gasteiger partial charge in [0.05, 0.1) is 6.04 Å². The van der Waals surface area contributed by atoms with Gasteiger partial charge in [0.2, 0.25) is 6.79 Å². The SMILES string of the molecule is Cc1cc(C)cc(C(N)COc2ccc3c(c2)OCO3)c1. The van der Waals surface area contributed by atoms with Gasteiger partial charge >= 0.3 is 0 Å². The van der Waals surface area contributed by atoms with Crippen LogP contribution in [0.25, 0.3) is 0 Å². The van der Waals surface area contributed by atoms with Crippen LogP contribution in [-0.2, 0) is 0 Å². The van der Waals surface area contributed by atoms with Crippen molar-refractivity contribution in [2.45, 2.75) is 19.9 Å². The van der Waals surface area contributed by atoms with E-state index in [0.29, 0.717) is 12.4 Å². The second-order valence-electron chi connectivity index (χ2n) is 5.35. The molecule has 0 saturated heterocycles. The summed E-state index contributed by atoms with van der Waals surface area (Å²) in [7, 11) is 0. The molecule has 0 aromatic heterocycles. The van der Waals surface area contributed by atoms with E-state index in [9.17, 15) is 0 Å². The van der Waals surface area contributed by atoms with Crippen molar-refractivity contribution in [1.82, 2.24) is 0 Å². The Hall–Kier alpha value is -2.20. The topological polar surface area (TPSA) is 53.7 Å². The fourth-order valence-electron chi connectivity index (χ4n) is 2.47. The first-order valence-electron chi connectivity index (χ1n) is 6.98. The quantitative estimate of drug-likeness (QED) is 0.937. The molecular weight excluding hydrogens is 266 g/mol. The van der Waals surface area contributed by atoms with E-state index in [0.717, 1.165) is 17.1 Å². The van der Waals surface area contributed by atoms with E-state index >= 15 is 0 Å². The molecule has 0 spiro atoms. The van der Waals surface area contributed by atoms with Gasteiger partial charge < -0.3 is 19.9 Å². The lowest BCUT2D eigenvalue weighted by atomic mass is 10.0. The lowest BCUT2D eigenvalue weighted by Crippen LogP contribution is -2.19. The van der Waals surface area contributed by atoms with Crippen LogP contribution in [0.2, 0.25) is 0 Å². The number of hydrogen-bond acceptors (Lipinski definition) is 4. The Labute approximate surface area is 124 Å². The summed E-state index contributed by atoms with van der Waals surface area (Å²) in [6.45, 7) is 4.83. The molecule has 1 aliphatic heterocycles. The van der Waals surface area contributed by atoms with Crippen molar-refractivity contribution in [3.8, 4) is 17.2 Å². The highest BCUT2D eigenvalue weighted by molar-refractivity contribution is 5.46. The zero-order valence-corrected chi connectivity index (χ0v) is 12.3. The minimum Gasteiger partial charge on any atom is -0.491 e. The van der Waals surface area contributed by atoms with E-state index in [2.05, 4.69) is 32.0 Å². The first kappa shape index (κ1) is 13.8. The van der Waals surface area contributed by atoms with Crippen molar-refractivity contribution in [3.05, 3.63) is 53.1 Å². The summed E-state index contributed by atoms with van der Waals surface area (Å²) in [5.74, 6) is 2.20. The standard InChI is InChI=1S/C17H19NO3/c1-11-5-12(2)7-13(6-11)15(18)9-19-14-3-4-16-17(8-14)21-10-20-16/h3-8,15H,9-10,18H2,1-2H3. The van der Waals surface area contributed by atoms with Crippen molar-refractivity contribution in [1.29, 1.82) is 0 Å². The number of aryl methyl sites for hydroxylation is 2. The number of benzene rings is 2. The zero-order chi connectivity index (χ0) is 14.8. The molecule has 1 atom stereocenters. The van der Waals surface area contributed by atoms with E-state index in [-0.39, 0.29) is 12.8 Å². The number of hydrogen-bond donors (Lipinski definition) is 1. The van der Waals surface area contributed by atoms with Gasteiger partial charge in [0.15, 0.2) is 11.5 Å². The van der Waals surface area contributed by atoms with Gasteiger partial charge in [0.25, 0.3) is 0 Å². The van der Waals surface area contributed by atoms with E-state index in [1.807, 2.05) is 18.2 Å². The summed E-state index contributed by atoms with van der Waals surface area (Å²) in [5, 5.41) is 0. The average Bonchev–Trinajstić information content (AvgIpc) is 2.91. The maximum Gasteiger partial charge on any atom is 0.231 e. The maximum absolute atomic E-state index is 6.21. The first-order chi connectivity index (χ1) is 10.1. The molecule has 4 heteroatoms. The van der Waals surface area contributed by atoms with Crippen LogP contribution in [0.5, 0.6) is 17.2 Å². The molecule has 0 fully saturated rings. The molecule has 0 bridgehead atoms. The molecular formula is C17H19NO3. The van der Waals surface area contributed by atoms with Crippen LogP contribution in [0, 0.1) is 13.8 Å². The smallest absolute Gasteiger partial charge is 0.231 e. The van der Waals surface area contributed by atoms with Gasteiger partial charge in [0, 0.05) is 6.07 Å². The molecule has 0 amide bonds. The minimum absolute atomic E-state index is 0.158. The summed E-state index contributed by atoms with van der Waals surface area (Å²) in [4.78, 5) is 0. The van der Waals surface area contributed by atoms with Gasteiger partial charge in [-0.05, 0) is 31.5 Å². The number of ether oxygens (including phenoxy) is 3. The summed E-state index contributed by atoms with van der Waals surface area (Å²) >= 11 is 0. The molecule has 1 aliphatic rings. The van der Waals surface area contributed by atoms with Gasteiger partial charge in [-0.15, -0.1) is 0 Å². The van der Waals surface area contributed by atoms with E-state index in [4.69, 9.17) is 19.9 Å². The fraction of sp³-hybridized carbons (Fsp3) is 0.294. The first-order valence-corrected chi connectivity index (χ1v) is 6.98. The van der Waals surface area contributed by atoms with Crippen LogP contribution in [0.3, 0.4) is 0 Å². The van der Waals surface area contributed by atoms with Gasteiger partial charge in [-0.25, -0.2) is 0 Å². The predicted molar refractivity (Wildman–Crippen MR) is 80.9 cm³/mol. The summed E-state index contributed by atoms with van der Waals surface area (Å²) in [6.07, 6.45) is 0. The Morgan fingerprint density at radius 3 is 2.52 bits per heavy atom. The highest BCUT2D eigenvalue weighted by Crippen LogP contribution is 2.35. The summed E-state index contributed by atoms with van der Waals surface area (Å²) < 4.78 is 16.4. The van der Waals surface area contributed by atoms with Gasteiger partial charge in [0.1, 0.15) is 12.4 Å². The number of fused-ring (bicyclic) bond motifs is 1. The molecule has 110 valence electrons. The predicted octanol–water partition coefficient (Wildman–Crippen LogP) is 3.11. The van der Waals surface area contributed by atoms with Crippen LogP contribution < -0.4 is 19.9 Å². The molecule has 2 N–H and O–H groups in total. The van der Waals surface area contributed by atoms with Crippen molar-refractivity contribution < 1.29 is 14.2 Å². The van der Waals surface area contributed by atoms with E-state index < -0.39 is 0 Å². The Morgan fingerprint density at radius 2 is 1.76 bits per heavy atom. The van der Waals surface area contributed by atoms with Crippen LogP contribution in [0.1, 0.15) is 22.7 Å². The normalized spacial score (nSPS) is 14.0. The minimum atomic E-state index is -0.158. The molecule has 1 heterocycles. The van der Waals surface area contributed by atoms with Gasteiger partial charge in [-0.3, -0.25) is 0 Å². The molecule has 0 aliphatic carbocycles. The fourth-order valence-corrected chi connectivity index (χ4v) is 2.47. The molecule has 2 aromatic rings. The second kappa shape index (κ2) is 5.66. The van der Waals surface area contributed by atoms with Crippen molar-refractivity contribution >= 4 is 0 Å². The third-order valence-electron chi connectivity index (χ3n) is 3.45. The highest BCUT2D eigenvalue weighted by Gasteiger charge is 2.14. The monoisotopic (exact) mass is 285 g/mol. The molecule has 0 saturated carbocycles. The average molecular weight is 285 g/mol. The van der Waals surface area contributed by atoms with E-state index in [1.54, 1.807) is 0 Å². The van der Waals surface area contributed by atoms with Crippen molar-refractivity contribution in [3.63, 3.8) is 0 Å². The van der Waals surface area contributed by atoms with Gasteiger partial charge in [-0.2, -0.15) is 0 Å². The zero-order valence-electron chi connectivity index (χ0n) is 12.3. The van der Waals surface area contributed by atoms with E-state index in [1.165, 1.54) is 11.1 Å².